The van der Waals surface area contributed by atoms with E-state index in [1.165, 1.54) is 11.3 Å². The van der Waals surface area contributed by atoms with Crippen LogP contribution in [0.5, 0.6) is 5.75 Å². The fraction of sp³-hybridized carbons (Fsp3) is 0.0588. The van der Waals surface area contributed by atoms with Crippen molar-refractivity contribution in [1.29, 1.82) is 0 Å². The Kier molecular flexibility index (Phi) is 3.63. The number of hydrogen-bond acceptors (Lipinski definition) is 5. The molecule has 120 valence electrons. The number of nitrogens with one attached hydrogen (secondary N) is 2. The molecule has 0 saturated heterocycles. The van der Waals surface area contributed by atoms with Gasteiger partial charge in [-0.1, -0.05) is 17.7 Å². The lowest BCUT2D eigenvalue weighted by Crippen LogP contribution is -2.13. The molecule has 0 aliphatic rings. The number of H-pyrrole nitrogens is 1. The zero-order valence-electron chi connectivity index (χ0n) is 12.3. The first-order valence-corrected chi connectivity index (χ1v) is 8.43. The highest BCUT2D eigenvalue weighted by Crippen LogP contribution is 2.32. The second-order valence-electron chi connectivity index (χ2n) is 5.34. The molecular formula is C17H12ClN3O2S. The summed E-state index contributed by atoms with van der Waals surface area (Å²) < 4.78 is 1.57. The second-order valence-corrected chi connectivity index (χ2v) is 6.83. The van der Waals surface area contributed by atoms with Gasteiger partial charge in [-0.3, -0.25) is 4.79 Å². The van der Waals surface area contributed by atoms with E-state index in [9.17, 15) is 9.90 Å². The maximum atomic E-state index is 12.3. The predicted molar refractivity (Wildman–Crippen MR) is 98.2 cm³/mol. The molecular weight excluding hydrogens is 346 g/mol. The fourth-order valence-corrected chi connectivity index (χ4v) is 3.75. The van der Waals surface area contributed by atoms with Gasteiger partial charge in [-0.05, 0) is 30.3 Å². The molecule has 5 nitrogen and oxygen atoms in total. The second kappa shape index (κ2) is 5.81. The fourth-order valence-electron chi connectivity index (χ4n) is 2.56. The van der Waals surface area contributed by atoms with Gasteiger partial charge in [0.05, 0.1) is 12.1 Å². The van der Waals surface area contributed by atoms with Crippen molar-refractivity contribution < 1.29 is 5.11 Å². The van der Waals surface area contributed by atoms with Crippen molar-refractivity contribution in [2.75, 3.05) is 5.32 Å². The normalized spacial score (nSPS) is 11.2. The molecule has 24 heavy (non-hydrogen) atoms. The molecule has 0 bridgehead atoms. The summed E-state index contributed by atoms with van der Waals surface area (Å²) in [6.07, 6.45) is 0. The summed E-state index contributed by atoms with van der Waals surface area (Å²) in [5.41, 5.74) is 1.25. The van der Waals surface area contributed by atoms with E-state index in [0.29, 0.717) is 27.6 Å². The number of aromatic nitrogens is 2. The Morgan fingerprint density at radius 2 is 2.12 bits per heavy atom. The Morgan fingerprint density at radius 3 is 2.96 bits per heavy atom. The monoisotopic (exact) mass is 357 g/mol. The van der Waals surface area contributed by atoms with Crippen LogP contribution < -0.4 is 10.9 Å². The molecule has 4 rings (SSSR count). The molecule has 0 aliphatic carbocycles. The van der Waals surface area contributed by atoms with Gasteiger partial charge in [-0.25, -0.2) is 4.98 Å². The van der Waals surface area contributed by atoms with Crippen molar-refractivity contribution in [2.45, 2.75) is 6.54 Å². The minimum atomic E-state index is -0.162. The van der Waals surface area contributed by atoms with Crippen molar-refractivity contribution in [3.8, 4) is 5.75 Å². The molecule has 2 heterocycles. The summed E-state index contributed by atoms with van der Waals surface area (Å²) in [7, 11) is 0. The quantitative estimate of drug-likeness (QED) is 0.515. The van der Waals surface area contributed by atoms with E-state index in [0.717, 1.165) is 15.8 Å². The Balaban J connectivity index is 1.75. The Bertz CT molecular complexity index is 1120. The smallest absolute Gasteiger partial charge is 0.268 e. The van der Waals surface area contributed by atoms with E-state index in [-0.39, 0.29) is 11.3 Å². The third kappa shape index (κ3) is 2.70. The summed E-state index contributed by atoms with van der Waals surface area (Å²) in [6.45, 7) is 0.340. The lowest BCUT2D eigenvalue weighted by molar-refractivity contribution is 0.475. The van der Waals surface area contributed by atoms with Crippen molar-refractivity contribution in [2.24, 2.45) is 0 Å². The number of aromatic amines is 1. The minimum Gasteiger partial charge on any atom is -0.508 e. The molecule has 0 atom stereocenters. The summed E-state index contributed by atoms with van der Waals surface area (Å²) in [5.74, 6) is 0.700. The van der Waals surface area contributed by atoms with Gasteiger partial charge in [0.25, 0.3) is 5.56 Å². The van der Waals surface area contributed by atoms with Crippen LogP contribution in [0.4, 0.5) is 5.69 Å². The minimum absolute atomic E-state index is 0.162. The van der Waals surface area contributed by atoms with Crippen molar-refractivity contribution in [3.63, 3.8) is 0 Å². The highest BCUT2D eigenvalue weighted by Gasteiger charge is 2.12. The third-order valence-corrected chi connectivity index (χ3v) is 5.03. The van der Waals surface area contributed by atoms with Crippen LogP contribution in [0.15, 0.2) is 47.3 Å². The number of aromatic hydroxyl groups is 1. The summed E-state index contributed by atoms with van der Waals surface area (Å²) in [6, 6.07) is 12.3. The molecule has 4 aromatic rings. The molecule has 3 N–H and O–H groups in total. The number of hydrogen-bond donors (Lipinski definition) is 3. The molecule has 2 aromatic carbocycles. The van der Waals surface area contributed by atoms with Crippen LogP contribution in [-0.2, 0) is 6.54 Å². The molecule has 0 saturated carbocycles. The molecule has 2 aromatic heterocycles. The number of phenols is 1. The van der Waals surface area contributed by atoms with Gasteiger partial charge in [0.15, 0.2) is 0 Å². The van der Waals surface area contributed by atoms with Gasteiger partial charge in [-0.15, -0.1) is 11.3 Å². The summed E-state index contributed by atoms with van der Waals surface area (Å²) in [5, 5.41) is 14.1. The van der Waals surface area contributed by atoms with Crippen molar-refractivity contribution >= 4 is 48.9 Å². The first-order valence-electron chi connectivity index (χ1n) is 7.24. The van der Waals surface area contributed by atoms with Crippen LogP contribution in [-0.4, -0.2) is 15.1 Å². The van der Waals surface area contributed by atoms with Crippen molar-refractivity contribution in [1.82, 2.24) is 9.97 Å². The highest BCUT2D eigenvalue weighted by molar-refractivity contribution is 7.25. The van der Waals surface area contributed by atoms with Crippen LogP contribution in [0.3, 0.4) is 0 Å². The molecule has 7 heteroatoms. The third-order valence-electron chi connectivity index (χ3n) is 3.64. The van der Waals surface area contributed by atoms with Crippen LogP contribution in [0.2, 0.25) is 5.02 Å². The van der Waals surface area contributed by atoms with E-state index < -0.39 is 0 Å². The topological polar surface area (TPSA) is 78.0 Å². The Hall–Kier alpha value is -2.57. The largest absolute Gasteiger partial charge is 0.508 e. The standard InChI is InChI=1S/C17H12ClN3O2S/c18-9-4-5-13-12(6-9)15-16(24-13)17(23)21-14(20-15)8-19-10-2-1-3-11(22)7-10/h1-7,19,22H,8H2,(H,20,21,23). The SMILES string of the molecule is O=c1[nH]c(CNc2cccc(O)c2)nc2c1sc1ccc(Cl)cc12. The average Bonchev–Trinajstić information content (AvgIpc) is 2.92. The summed E-state index contributed by atoms with van der Waals surface area (Å²) >= 11 is 7.47. The van der Waals surface area contributed by atoms with Crippen LogP contribution in [0.1, 0.15) is 5.82 Å². The van der Waals surface area contributed by atoms with Gasteiger partial charge in [0.1, 0.15) is 16.3 Å². The Labute approximate surface area is 145 Å². The molecule has 0 amide bonds. The van der Waals surface area contributed by atoms with E-state index in [2.05, 4.69) is 15.3 Å². The lowest BCUT2D eigenvalue weighted by atomic mass is 10.2. The predicted octanol–water partition coefficient (Wildman–Crippen LogP) is 4.11. The zero-order valence-corrected chi connectivity index (χ0v) is 13.9. The van der Waals surface area contributed by atoms with E-state index in [1.54, 1.807) is 24.3 Å². The maximum absolute atomic E-state index is 12.3. The molecule has 0 radical (unpaired) electrons. The van der Waals surface area contributed by atoms with Crippen LogP contribution >= 0.6 is 22.9 Å². The van der Waals surface area contributed by atoms with Gasteiger partial charge < -0.3 is 15.4 Å². The average molecular weight is 358 g/mol. The number of phenolic OH excluding ortho intramolecular Hbond substituents is 1. The molecule has 0 aliphatic heterocycles. The number of nitrogens with zero attached hydrogens (tertiary/aromatic N) is 1. The van der Waals surface area contributed by atoms with Crippen molar-refractivity contribution in [3.05, 3.63) is 63.7 Å². The lowest BCUT2D eigenvalue weighted by Gasteiger charge is -2.06. The number of fused-ring (bicyclic) bond motifs is 3. The van der Waals surface area contributed by atoms with E-state index in [4.69, 9.17) is 11.6 Å². The molecule has 0 fully saturated rings. The van der Waals surface area contributed by atoms with Gasteiger partial charge >= 0.3 is 0 Å². The van der Waals surface area contributed by atoms with Gasteiger partial charge in [-0.2, -0.15) is 0 Å². The summed E-state index contributed by atoms with van der Waals surface area (Å²) in [4.78, 5) is 19.7. The zero-order chi connectivity index (χ0) is 16.7. The first kappa shape index (κ1) is 15.0. The number of anilines is 1. The first-order chi connectivity index (χ1) is 11.6. The van der Waals surface area contributed by atoms with Crippen LogP contribution in [0.25, 0.3) is 20.3 Å². The number of rotatable bonds is 3. The number of benzene rings is 2. The molecule has 0 unspecified atom stereocenters. The number of thiophene rings is 1. The maximum Gasteiger partial charge on any atom is 0.268 e. The number of halogens is 1. The van der Waals surface area contributed by atoms with E-state index >= 15 is 0 Å². The Morgan fingerprint density at radius 1 is 1.25 bits per heavy atom. The van der Waals surface area contributed by atoms with Crippen LogP contribution in [0, 0.1) is 0 Å². The van der Waals surface area contributed by atoms with E-state index in [1.807, 2.05) is 18.2 Å². The van der Waals surface area contributed by atoms with Gasteiger partial charge in [0, 0.05) is 26.9 Å². The van der Waals surface area contributed by atoms with Gasteiger partial charge in [0.2, 0.25) is 0 Å². The highest BCUT2D eigenvalue weighted by atomic mass is 35.5. The molecule has 0 spiro atoms.